The van der Waals surface area contributed by atoms with Crippen LogP contribution in [0.3, 0.4) is 0 Å². The summed E-state index contributed by atoms with van der Waals surface area (Å²) in [5.41, 5.74) is 9.47. The fraction of sp³-hybridized carbons (Fsp3) is 0. The highest BCUT2D eigenvalue weighted by Crippen LogP contribution is 2.28. The average molecular weight is 264 g/mol. The minimum Gasteiger partial charge on any atom is -0.403 e. The number of para-hydroxylation sites is 1. The summed E-state index contributed by atoms with van der Waals surface area (Å²) in [6.07, 6.45) is 0. The fourth-order valence-corrected chi connectivity index (χ4v) is 1.92. The quantitative estimate of drug-likeness (QED) is 0.400. The number of rotatable bonds is 2. The molecule has 0 amide bonds. The molecule has 0 saturated heterocycles. The Morgan fingerprint density at radius 3 is 2.70 bits per heavy atom. The number of hydrogen-bond acceptors (Lipinski definition) is 4. The Kier molecular flexibility index (Phi) is 2.91. The van der Waals surface area contributed by atoms with Crippen LogP contribution in [0, 0.1) is 0 Å². The lowest BCUT2D eigenvalue weighted by atomic mass is 10.1. The molecule has 0 unspecified atom stereocenters. The first-order chi connectivity index (χ1) is 9.79. The third-order valence-electron chi connectivity index (χ3n) is 2.82. The smallest absolute Gasteiger partial charge is 0.347 e. The largest absolute Gasteiger partial charge is 0.403 e. The Morgan fingerprint density at radius 1 is 1.10 bits per heavy atom. The molecule has 0 N–H and O–H groups in total. The highest BCUT2D eigenvalue weighted by Gasteiger charge is 2.10. The van der Waals surface area contributed by atoms with Gasteiger partial charge in [0.2, 0.25) is 5.89 Å². The molecule has 1 aromatic heterocycles. The van der Waals surface area contributed by atoms with Gasteiger partial charge in [0.05, 0.1) is 16.6 Å². The first-order valence-electron chi connectivity index (χ1n) is 5.84. The fourth-order valence-electron chi connectivity index (χ4n) is 1.92. The van der Waals surface area contributed by atoms with Crippen molar-refractivity contribution in [1.82, 2.24) is 4.98 Å². The lowest BCUT2D eigenvalue weighted by molar-refractivity contribution is 0.518. The summed E-state index contributed by atoms with van der Waals surface area (Å²) in [6, 6.07) is 13.7. The van der Waals surface area contributed by atoms with Crippen molar-refractivity contribution >= 4 is 16.6 Å². The summed E-state index contributed by atoms with van der Waals surface area (Å²) in [5, 5.41) is 3.99. The number of azide groups is 1. The van der Waals surface area contributed by atoms with Crippen molar-refractivity contribution in [3.63, 3.8) is 0 Å². The van der Waals surface area contributed by atoms with Crippen LogP contribution in [0.15, 0.2) is 62.9 Å². The normalized spacial score (nSPS) is 10.2. The molecule has 20 heavy (non-hydrogen) atoms. The molecule has 0 atom stereocenters. The molecule has 96 valence electrons. The molecule has 0 aliphatic rings. The number of fused-ring (bicyclic) bond motifs is 1. The number of nitrogens with zero attached hydrogens (tertiary/aromatic N) is 4. The second kappa shape index (κ2) is 4.87. The summed E-state index contributed by atoms with van der Waals surface area (Å²) in [4.78, 5) is 19.0. The van der Waals surface area contributed by atoms with Crippen molar-refractivity contribution in [3.05, 3.63) is 69.4 Å². The Hall–Kier alpha value is -3.11. The molecule has 0 saturated carbocycles. The molecule has 0 spiro atoms. The Balaban J connectivity index is 2.31. The molecule has 1 heterocycles. The Bertz CT molecular complexity index is 895. The lowest BCUT2D eigenvalue weighted by Crippen LogP contribution is -2.02. The maximum absolute atomic E-state index is 11.9. The van der Waals surface area contributed by atoms with Crippen LogP contribution in [0.25, 0.3) is 32.8 Å². The van der Waals surface area contributed by atoms with Crippen LogP contribution < -0.4 is 5.63 Å². The van der Waals surface area contributed by atoms with E-state index in [9.17, 15) is 4.79 Å². The van der Waals surface area contributed by atoms with E-state index in [1.54, 1.807) is 48.5 Å². The van der Waals surface area contributed by atoms with Crippen LogP contribution in [0.1, 0.15) is 0 Å². The van der Waals surface area contributed by atoms with Crippen molar-refractivity contribution < 1.29 is 4.42 Å². The van der Waals surface area contributed by atoms with Crippen LogP contribution >= 0.6 is 0 Å². The SMILES string of the molecule is [N-]=[N+]=Nc1ccccc1-c1nc2ccccc2c(=O)o1. The van der Waals surface area contributed by atoms with Gasteiger partial charge < -0.3 is 4.42 Å². The van der Waals surface area contributed by atoms with Gasteiger partial charge in [-0.05, 0) is 23.7 Å². The van der Waals surface area contributed by atoms with Gasteiger partial charge in [0.1, 0.15) is 0 Å². The molecule has 0 radical (unpaired) electrons. The zero-order valence-electron chi connectivity index (χ0n) is 10.2. The highest BCUT2D eigenvalue weighted by atomic mass is 16.4. The third-order valence-corrected chi connectivity index (χ3v) is 2.82. The monoisotopic (exact) mass is 264 g/mol. The van der Waals surface area contributed by atoms with E-state index in [1.807, 2.05) is 0 Å². The summed E-state index contributed by atoms with van der Waals surface area (Å²) in [7, 11) is 0. The van der Waals surface area contributed by atoms with E-state index in [-0.39, 0.29) is 5.89 Å². The maximum Gasteiger partial charge on any atom is 0.347 e. The number of benzene rings is 2. The zero-order chi connectivity index (χ0) is 13.9. The van der Waals surface area contributed by atoms with Crippen LogP contribution in [-0.4, -0.2) is 4.98 Å². The minimum atomic E-state index is -0.471. The van der Waals surface area contributed by atoms with Crippen LogP contribution in [0.5, 0.6) is 0 Å². The molecular weight excluding hydrogens is 256 g/mol. The molecule has 0 aliphatic heterocycles. The van der Waals surface area contributed by atoms with E-state index >= 15 is 0 Å². The molecule has 3 aromatic rings. The first-order valence-corrected chi connectivity index (χ1v) is 5.84. The predicted octanol–water partition coefficient (Wildman–Crippen LogP) is 3.80. The van der Waals surface area contributed by atoms with Crippen LogP contribution in [0.2, 0.25) is 0 Å². The summed E-state index contributed by atoms with van der Waals surface area (Å²) in [5.74, 6) is 0.136. The molecule has 0 bridgehead atoms. The van der Waals surface area contributed by atoms with Crippen molar-refractivity contribution in [1.29, 1.82) is 0 Å². The molecule has 2 aromatic carbocycles. The van der Waals surface area contributed by atoms with E-state index in [1.165, 1.54) is 0 Å². The van der Waals surface area contributed by atoms with E-state index in [2.05, 4.69) is 15.0 Å². The number of hydrogen-bond donors (Lipinski definition) is 0. The maximum atomic E-state index is 11.9. The van der Waals surface area contributed by atoms with Gasteiger partial charge in [-0.3, -0.25) is 0 Å². The third kappa shape index (κ3) is 2.00. The second-order valence-corrected chi connectivity index (χ2v) is 4.03. The van der Waals surface area contributed by atoms with E-state index in [4.69, 9.17) is 9.95 Å². The van der Waals surface area contributed by atoms with Gasteiger partial charge in [0.15, 0.2) is 0 Å². The van der Waals surface area contributed by atoms with Crippen LogP contribution in [0.4, 0.5) is 5.69 Å². The van der Waals surface area contributed by atoms with Crippen LogP contribution in [-0.2, 0) is 0 Å². The highest BCUT2D eigenvalue weighted by molar-refractivity contribution is 5.80. The zero-order valence-corrected chi connectivity index (χ0v) is 10.2. The molecule has 3 rings (SSSR count). The van der Waals surface area contributed by atoms with Crippen molar-refractivity contribution in [2.24, 2.45) is 5.11 Å². The van der Waals surface area contributed by atoms with Gasteiger partial charge >= 0.3 is 5.63 Å². The average Bonchev–Trinajstić information content (AvgIpc) is 2.48. The minimum absolute atomic E-state index is 0.136. The van der Waals surface area contributed by atoms with E-state index in [0.29, 0.717) is 22.2 Å². The molecule has 0 fully saturated rings. The predicted molar refractivity (Wildman–Crippen MR) is 74.5 cm³/mol. The first kappa shape index (κ1) is 12.0. The van der Waals surface area contributed by atoms with Crippen molar-refractivity contribution in [2.45, 2.75) is 0 Å². The van der Waals surface area contributed by atoms with Crippen molar-refractivity contribution in [2.75, 3.05) is 0 Å². The van der Waals surface area contributed by atoms with E-state index < -0.39 is 5.63 Å². The van der Waals surface area contributed by atoms with Crippen molar-refractivity contribution in [3.8, 4) is 11.5 Å². The summed E-state index contributed by atoms with van der Waals surface area (Å²) >= 11 is 0. The van der Waals surface area contributed by atoms with Gasteiger partial charge in [0.25, 0.3) is 0 Å². The van der Waals surface area contributed by atoms with Gasteiger partial charge in [-0.2, -0.15) is 0 Å². The molecule has 6 nitrogen and oxygen atoms in total. The molecular formula is C14H8N4O2. The van der Waals surface area contributed by atoms with E-state index in [0.717, 1.165) is 0 Å². The van der Waals surface area contributed by atoms with Gasteiger partial charge in [-0.25, -0.2) is 9.78 Å². The van der Waals surface area contributed by atoms with Gasteiger partial charge in [-0.15, -0.1) is 0 Å². The molecule has 0 aliphatic carbocycles. The standard InChI is InChI=1S/C14H8N4O2/c15-18-17-12-8-4-1-5-9(12)13-16-11-7-3-2-6-10(11)14(19)20-13/h1-8H. The Morgan fingerprint density at radius 2 is 1.85 bits per heavy atom. The molecule has 6 heteroatoms. The van der Waals surface area contributed by atoms with Gasteiger partial charge in [-0.1, -0.05) is 35.4 Å². The lowest BCUT2D eigenvalue weighted by Gasteiger charge is -2.03. The summed E-state index contributed by atoms with van der Waals surface area (Å²) in [6.45, 7) is 0. The van der Waals surface area contributed by atoms with Gasteiger partial charge in [0, 0.05) is 10.5 Å². The Labute approximate surface area is 112 Å². The number of aromatic nitrogens is 1. The topological polar surface area (TPSA) is 91.9 Å². The summed E-state index contributed by atoms with van der Waals surface area (Å²) < 4.78 is 5.21. The second-order valence-electron chi connectivity index (χ2n) is 4.03.